The lowest BCUT2D eigenvalue weighted by molar-refractivity contribution is -0.384. The quantitative estimate of drug-likeness (QED) is 0.138. The number of nitro benzene ring substituents is 1. The molecule has 3 aromatic carbocycles. The Hall–Kier alpha value is -4.95. The van der Waals surface area contributed by atoms with Gasteiger partial charge in [0, 0.05) is 47.4 Å². The molecule has 0 saturated carbocycles. The zero-order valence-corrected chi connectivity index (χ0v) is 27.4. The molecule has 47 heavy (non-hydrogen) atoms. The van der Waals surface area contributed by atoms with Gasteiger partial charge in [-0.05, 0) is 67.9 Å². The number of nitro groups is 1. The van der Waals surface area contributed by atoms with E-state index in [4.69, 9.17) is 4.74 Å². The van der Waals surface area contributed by atoms with Crippen LogP contribution in [0.25, 0.3) is 0 Å². The fourth-order valence-electron chi connectivity index (χ4n) is 6.09. The third kappa shape index (κ3) is 5.89. The maximum atomic E-state index is 14.1. The van der Waals surface area contributed by atoms with Gasteiger partial charge in [0.1, 0.15) is 17.5 Å². The van der Waals surface area contributed by atoms with Crippen molar-refractivity contribution in [3.8, 4) is 5.75 Å². The number of methoxy groups -OCH3 is 1. The third-order valence-corrected chi connectivity index (χ3v) is 11.0. The van der Waals surface area contributed by atoms with Crippen molar-refractivity contribution < 1.29 is 24.0 Å². The molecule has 3 atom stereocenters. The number of rotatable bonds is 10. The van der Waals surface area contributed by atoms with E-state index in [0.29, 0.717) is 21.3 Å². The molecule has 1 fully saturated rings. The van der Waals surface area contributed by atoms with Gasteiger partial charge >= 0.3 is 4.87 Å². The van der Waals surface area contributed by atoms with Gasteiger partial charge in [0.25, 0.3) is 5.69 Å². The normalized spacial score (nSPS) is 18.4. The Bertz CT molecular complexity index is 1900. The Kier molecular flexibility index (Phi) is 8.88. The highest BCUT2D eigenvalue weighted by atomic mass is 32.2. The molecule has 3 heterocycles. The molecule has 1 aromatic heterocycles. The van der Waals surface area contributed by atoms with E-state index < -0.39 is 39.7 Å². The lowest BCUT2D eigenvalue weighted by Gasteiger charge is -2.31. The van der Waals surface area contributed by atoms with Crippen LogP contribution in [0.1, 0.15) is 30.2 Å². The van der Waals surface area contributed by atoms with Crippen LogP contribution >= 0.6 is 23.1 Å². The van der Waals surface area contributed by atoms with Crippen molar-refractivity contribution in [2.45, 2.75) is 36.6 Å². The first-order chi connectivity index (χ1) is 22.6. The second kappa shape index (κ2) is 13.0. The number of carbonyl (C=O) groups excluding carboxylic acids is 3. The molecule has 2 aliphatic rings. The van der Waals surface area contributed by atoms with Crippen molar-refractivity contribution in [2.75, 3.05) is 35.3 Å². The number of nitrogens with zero attached hydrogens (tertiary/aromatic N) is 4. The van der Waals surface area contributed by atoms with Gasteiger partial charge in [-0.25, -0.2) is 4.90 Å². The molecule has 0 radical (unpaired) electrons. The fraction of sp³-hybridized carbons (Fsp3) is 0.273. The number of amides is 3. The number of anilines is 3. The molecule has 0 aliphatic carbocycles. The Balaban J connectivity index is 1.39. The van der Waals surface area contributed by atoms with E-state index in [2.05, 4.69) is 24.1 Å². The van der Waals surface area contributed by atoms with Crippen LogP contribution in [0, 0.1) is 16.0 Å². The van der Waals surface area contributed by atoms with Gasteiger partial charge in [-0.1, -0.05) is 35.2 Å². The molecule has 242 valence electrons. The highest BCUT2D eigenvalue weighted by Gasteiger charge is 2.56. The molecular weight excluding hydrogens is 643 g/mol. The van der Waals surface area contributed by atoms with Gasteiger partial charge in [0.05, 0.1) is 28.7 Å². The van der Waals surface area contributed by atoms with Crippen molar-refractivity contribution in [3.05, 3.63) is 103 Å². The van der Waals surface area contributed by atoms with Crippen LogP contribution in [0.15, 0.2) is 82.6 Å². The number of nitrogens with one attached hydrogen (secondary N) is 1. The van der Waals surface area contributed by atoms with Crippen molar-refractivity contribution >= 4 is 63.6 Å². The lowest BCUT2D eigenvalue weighted by atomic mass is 9.83. The standard InChI is InChI=1S/C33H31N5O7S2/c1-4-35(5-2)21-10-6-19(7-11-21)26-27-28(31(41)37(30(27)40)22-12-14-23(15-13-22)38(43)44)46-32-29(26)47-33(42)36(32)18-25(39)34-20-8-16-24(45-3)17-9-20/h6-17,26-28H,4-5,18H2,1-3H3,(H,34,39). The summed E-state index contributed by atoms with van der Waals surface area (Å²) in [5, 5.41) is 13.6. The molecule has 2 aliphatic heterocycles. The number of hydrogen-bond acceptors (Lipinski definition) is 10. The number of hydrogen-bond donors (Lipinski definition) is 1. The van der Waals surface area contributed by atoms with Crippen LogP contribution in [0.4, 0.5) is 22.7 Å². The predicted octanol–water partition coefficient (Wildman–Crippen LogP) is 5.11. The van der Waals surface area contributed by atoms with Crippen LogP contribution < -0.4 is 24.7 Å². The van der Waals surface area contributed by atoms with Crippen LogP contribution in [0.3, 0.4) is 0 Å². The SMILES string of the molecule is CCN(CC)c1ccc(C2c3sc(=O)n(CC(=O)Nc4ccc(OC)cc4)c3SC3C(=O)N(c4ccc([N+](=O)[O-])cc4)C(=O)C32)cc1. The summed E-state index contributed by atoms with van der Waals surface area (Å²) in [6, 6.07) is 19.9. The van der Waals surface area contributed by atoms with Crippen molar-refractivity contribution in [2.24, 2.45) is 5.92 Å². The number of thiazole rings is 1. The minimum Gasteiger partial charge on any atom is -0.497 e. The first kappa shape index (κ1) is 32.0. The van der Waals surface area contributed by atoms with Gasteiger partial charge in [0.2, 0.25) is 17.7 Å². The Morgan fingerprint density at radius 3 is 2.21 bits per heavy atom. The van der Waals surface area contributed by atoms with Gasteiger partial charge in [0.15, 0.2) is 0 Å². The topological polar surface area (TPSA) is 144 Å². The second-order valence-corrected chi connectivity index (χ2v) is 13.1. The number of thioether (sulfide) groups is 1. The first-order valence-corrected chi connectivity index (χ1v) is 16.7. The summed E-state index contributed by atoms with van der Waals surface area (Å²) in [6.45, 7) is 5.46. The van der Waals surface area contributed by atoms with Gasteiger partial charge in [-0.3, -0.25) is 33.9 Å². The summed E-state index contributed by atoms with van der Waals surface area (Å²) in [7, 11) is 1.54. The van der Waals surface area contributed by atoms with E-state index >= 15 is 0 Å². The molecule has 0 bridgehead atoms. The zero-order chi connectivity index (χ0) is 33.4. The Morgan fingerprint density at radius 1 is 0.957 bits per heavy atom. The van der Waals surface area contributed by atoms with Crippen molar-refractivity contribution in [1.29, 1.82) is 0 Å². The molecular formula is C33H31N5O7S2. The highest BCUT2D eigenvalue weighted by molar-refractivity contribution is 8.00. The van der Waals surface area contributed by atoms with Gasteiger partial charge in [-0.2, -0.15) is 0 Å². The van der Waals surface area contributed by atoms with E-state index in [1.807, 2.05) is 24.3 Å². The number of benzene rings is 3. The number of aromatic nitrogens is 1. The first-order valence-electron chi connectivity index (χ1n) is 15.0. The summed E-state index contributed by atoms with van der Waals surface area (Å²) in [4.78, 5) is 68.9. The van der Waals surface area contributed by atoms with E-state index in [-0.39, 0.29) is 22.8 Å². The third-order valence-electron chi connectivity index (χ3n) is 8.42. The Labute approximate surface area is 278 Å². The molecule has 0 spiro atoms. The number of non-ortho nitro benzene ring substituents is 1. The lowest BCUT2D eigenvalue weighted by Crippen LogP contribution is -2.33. The minimum absolute atomic E-state index is 0.162. The molecule has 1 saturated heterocycles. The zero-order valence-electron chi connectivity index (χ0n) is 25.7. The maximum absolute atomic E-state index is 14.1. The largest absolute Gasteiger partial charge is 0.497 e. The van der Waals surface area contributed by atoms with E-state index in [0.717, 1.165) is 52.3 Å². The van der Waals surface area contributed by atoms with Crippen LogP contribution in [-0.4, -0.2) is 52.7 Å². The monoisotopic (exact) mass is 673 g/mol. The smallest absolute Gasteiger partial charge is 0.308 e. The molecule has 6 rings (SSSR count). The second-order valence-electron chi connectivity index (χ2n) is 11.0. The summed E-state index contributed by atoms with van der Waals surface area (Å²) < 4.78 is 6.54. The summed E-state index contributed by atoms with van der Waals surface area (Å²) >= 11 is 2.08. The van der Waals surface area contributed by atoms with Gasteiger partial charge < -0.3 is 15.0 Å². The fourth-order valence-corrected chi connectivity index (χ4v) is 8.87. The summed E-state index contributed by atoms with van der Waals surface area (Å²) in [5.41, 5.74) is 2.37. The number of fused-ring (bicyclic) bond motifs is 2. The van der Waals surface area contributed by atoms with Crippen LogP contribution in [0.2, 0.25) is 0 Å². The number of imide groups is 1. The maximum Gasteiger partial charge on any atom is 0.308 e. The number of ether oxygens (including phenoxy) is 1. The predicted molar refractivity (Wildman–Crippen MR) is 181 cm³/mol. The molecule has 12 nitrogen and oxygen atoms in total. The molecule has 14 heteroatoms. The average molecular weight is 674 g/mol. The summed E-state index contributed by atoms with van der Waals surface area (Å²) in [6.07, 6.45) is 0. The van der Waals surface area contributed by atoms with E-state index in [9.17, 15) is 29.3 Å². The highest BCUT2D eigenvalue weighted by Crippen LogP contribution is 2.54. The van der Waals surface area contributed by atoms with E-state index in [1.54, 1.807) is 31.4 Å². The van der Waals surface area contributed by atoms with Crippen molar-refractivity contribution in [1.82, 2.24) is 4.57 Å². The number of carbonyl (C=O) groups is 3. The molecule has 3 amide bonds. The Morgan fingerprint density at radius 2 is 1.62 bits per heavy atom. The molecule has 3 unspecified atom stereocenters. The van der Waals surface area contributed by atoms with E-state index in [1.165, 1.54) is 28.8 Å². The summed E-state index contributed by atoms with van der Waals surface area (Å²) in [5.74, 6) is -2.20. The van der Waals surface area contributed by atoms with Crippen LogP contribution in [-0.2, 0) is 20.9 Å². The van der Waals surface area contributed by atoms with Crippen molar-refractivity contribution in [3.63, 3.8) is 0 Å². The van der Waals surface area contributed by atoms with Crippen LogP contribution in [0.5, 0.6) is 5.75 Å². The molecule has 1 N–H and O–H groups in total. The average Bonchev–Trinajstić information content (AvgIpc) is 3.52. The van der Waals surface area contributed by atoms with Gasteiger partial charge in [-0.15, -0.1) is 0 Å². The molecule has 4 aromatic rings. The minimum atomic E-state index is -0.887.